The van der Waals surface area contributed by atoms with Crippen LogP contribution in [0.15, 0.2) is 30.3 Å². The Balaban J connectivity index is 0.00000121. The van der Waals surface area contributed by atoms with E-state index in [4.69, 9.17) is 0 Å². The molecule has 0 aliphatic carbocycles. The predicted octanol–water partition coefficient (Wildman–Crippen LogP) is 2.56. The van der Waals surface area contributed by atoms with Gasteiger partial charge in [0.1, 0.15) is 0 Å². The van der Waals surface area contributed by atoms with E-state index in [2.05, 4.69) is 43.4 Å². The van der Waals surface area contributed by atoms with Crippen LogP contribution >= 0.6 is 12.4 Å². The lowest BCUT2D eigenvalue weighted by atomic mass is 9.95. The van der Waals surface area contributed by atoms with E-state index < -0.39 is 0 Å². The fourth-order valence-corrected chi connectivity index (χ4v) is 0.999. The Labute approximate surface area is 80.6 Å². The van der Waals surface area contributed by atoms with Crippen molar-refractivity contribution in [2.24, 2.45) is 0 Å². The molecule has 0 aliphatic rings. The van der Waals surface area contributed by atoms with Crippen molar-refractivity contribution < 1.29 is 0 Å². The van der Waals surface area contributed by atoms with Crippen molar-refractivity contribution in [1.82, 2.24) is 5.32 Å². The molecule has 12 heavy (non-hydrogen) atoms. The van der Waals surface area contributed by atoms with Crippen molar-refractivity contribution in [3.05, 3.63) is 35.9 Å². The number of hydrogen-bond acceptors (Lipinski definition) is 1. The summed E-state index contributed by atoms with van der Waals surface area (Å²) in [5.41, 5.74) is 1.41. The Bertz CT molecular complexity index is 219. The molecule has 1 aromatic rings. The second-order valence-electron chi connectivity index (χ2n) is 3.24. The maximum Gasteiger partial charge on any atom is 0.0374 e. The van der Waals surface area contributed by atoms with E-state index in [9.17, 15) is 0 Å². The summed E-state index contributed by atoms with van der Waals surface area (Å²) in [6.07, 6.45) is 0. The largest absolute Gasteiger partial charge is 0.311 e. The smallest absolute Gasteiger partial charge is 0.0374 e. The molecule has 1 aromatic carbocycles. The molecule has 0 fully saturated rings. The van der Waals surface area contributed by atoms with Crippen LogP contribution in [0.3, 0.4) is 0 Å². The van der Waals surface area contributed by atoms with Gasteiger partial charge in [-0.05, 0) is 26.5 Å². The highest BCUT2D eigenvalue weighted by atomic mass is 35.5. The average Bonchev–Trinajstić information content (AvgIpc) is 2.06. The topological polar surface area (TPSA) is 12.0 Å². The van der Waals surface area contributed by atoms with Gasteiger partial charge in [-0.1, -0.05) is 30.3 Å². The van der Waals surface area contributed by atoms with E-state index in [1.165, 1.54) is 5.56 Å². The Kier molecular flexibility index (Phi) is 4.29. The summed E-state index contributed by atoms with van der Waals surface area (Å²) in [5.74, 6) is 0. The minimum absolute atomic E-state index is 0. The molecule has 0 saturated heterocycles. The third-order valence-corrected chi connectivity index (χ3v) is 2.12. The summed E-state index contributed by atoms with van der Waals surface area (Å²) in [4.78, 5) is 0. The normalized spacial score (nSPS) is 10.6. The number of nitrogens with one attached hydrogen (secondary N) is 1. The van der Waals surface area contributed by atoms with Gasteiger partial charge in [0, 0.05) is 5.54 Å². The monoisotopic (exact) mass is 185 g/mol. The Hall–Kier alpha value is -0.530. The molecule has 0 unspecified atom stereocenters. The van der Waals surface area contributed by atoms with Crippen LogP contribution in [0.1, 0.15) is 19.4 Å². The SMILES string of the molecule is CNC(C)(C)c1ccccc1.Cl. The summed E-state index contributed by atoms with van der Waals surface area (Å²) >= 11 is 0. The third kappa shape index (κ3) is 2.50. The highest BCUT2D eigenvalue weighted by Crippen LogP contribution is 2.17. The number of halogens is 1. The van der Waals surface area contributed by atoms with Gasteiger partial charge >= 0.3 is 0 Å². The minimum Gasteiger partial charge on any atom is -0.311 e. The molecule has 1 N–H and O–H groups in total. The van der Waals surface area contributed by atoms with Crippen LogP contribution < -0.4 is 5.32 Å². The summed E-state index contributed by atoms with van der Waals surface area (Å²) in [6, 6.07) is 10.4. The van der Waals surface area contributed by atoms with Gasteiger partial charge in [-0.2, -0.15) is 0 Å². The van der Waals surface area contributed by atoms with Crippen molar-refractivity contribution in [2.45, 2.75) is 19.4 Å². The zero-order valence-electron chi connectivity index (χ0n) is 7.79. The lowest BCUT2D eigenvalue weighted by molar-refractivity contribution is 0.445. The molecule has 0 bridgehead atoms. The second-order valence-corrected chi connectivity index (χ2v) is 3.24. The van der Waals surface area contributed by atoms with Crippen molar-refractivity contribution in [2.75, 3.05) is 7.05 Å². The van der Waals surface area contributed by atoms with Crippen molar-refractivity contribution in [3.8, 4) is 0 Å². The molecule has 0 aliphatic heterocycles. The zero-order chi connectivity index (χ0) is 8.32. The molecule has 2 heteroatoms. The van der Waals surface area contributed by atoms with Crippen LogP contribution in [0.5, 0.6) is 0 Å². The first kappa shape index (κ1) is 11.5. The molecule has 68 valence electrons. The van der Waals surface area contributed by atoms with Gasteiger partial charge in [0.05, 0.1) is 0 Å². The van der Waals surface area contributed by atoms with E-state index in [1.807, 2.05) is 13.1 Å². The van der Waals surface area contributed by atoms with Gasteiger partial charge in [-0.25, -0.2) is 0 Å². The third-order valence-electron chi connectivity index (χ3n) is 2.12. The lowest BCUT2D eigenvalue weighted by Crippen LogP contribution is -2.32. The second kappa shape index (κ2) is 4.48. The average molecular weight is 186 g/mol. The molecular formula is C10H16ClN. The van der Waals surface area contributed by atoms with Gasteiger partial charge in [0.2, 0.25) is 0 Å². The van der Waals surface area contributed by atoms with Crippen LogP contribution in [0, 0.1) is 0 Å². The molecule has 0 amide bonds. The van der Waals surface area contributed by atoms with Crippen LogP contribution in [-0.2, 0) is 5.54 Å². The van der Waals surface area contributed by atoms with E-state index in [0.29, 0.717) is 0 Å². The molecule has 0 heterocycles. The molecule has 0 radical (unpaired) electrons. The Morgan fingerprint density at radius 1 is 1.08 bits per heavy atom. The highest BCUT2D eigenvalue weighted by molar-refractivity contribution is 5.85. The van der Waals surface area contributed by atoms with Crippen molar-refractivity contribution in [1.29, 1.82) is 0 Å². The fourth-order valence-electron chi connectivity index (χ4n) is 0.999. The van der Waals surface area contributed by atoms with Crippen LogP contribution in [-0.4, -0.2) is 7.05 Å². The Morgan fingerprint density at radius 3 is 2.00 bits per heavy atom. The molecule has 0 atom stereocenters. The lowest BCUT2D eigenvalue weighted by Gasteiger charge is -2.24. The maximum absolute atomic E-state index is 3.26. The van der Waals surface area contributed by atoms with Gasteiger partial charge < -0.3 is 5.32 Å². The predicted molar refractivity (Wildman–Crippen MR) is 55.8 cm³/mol. The summed E-state index contributed by atoms with van der Waals surface area (Å²) in [6.45, 7) is 4.34. The minimum atomic E-state index is 0. The van der Waals surface area contributed by atoms with Gasteiger partial charge in [0.25, 0.3) is 0 Å². The molecule has 1 rings (SSSR count). The first-order chi connectivity index (χ1) is 5.17. The van der Waals surface area contributed by atoms with Gasteiger partial charge in [-0.15, -0.1) is 12.4 Å². The van der Waals surface area contributed by atoms with Crippen LogP contribution in [0.25, 0.3) is 0 Å². The molecular weight excluding hydrogens is 170 g/mol. The van der Waals surface area contributed by atoms with E-state index >= 15 is 0 Å². The highest BCUT2D eigenvalue weighted by Gasteiger charge is 2.15. The zero-order valence-corrected chi connectivity index (χ0v) is 8.61. The van der Waals surface area contributed by atoms with Crippen LogP contribution in [0.2, 0.25) is 0 Å². The maximum atomic E-state index is 3.26. The molecule has 1 nitrogen and oxygen atoms in total. The Morgan fingerprint density at radius 2 is 1.58 bits per heavy atom. The molecule has 0 spiro atoms. The van der Waals surface area contributed by atoms with Crippen molar-refractivity contribution in [3.63, 3.8) is 0 Å². The summed E-state index contributed by atoms with van der Waals surface area (Å²) < 4.78 is 0. The molecule has 0 saturated carbocycles. The van der Waals surface area contributed by atoms with Crippen molar-refractivity contribution >= 4 is 12.4 Å². The van der Waals surface area contributed by atoms with Crippen LogP contribution in [0.4, 0.5) is 0 Å². The van der Waals surface area contributed by atoms with Gasteiger partial charge in [0.15, 0.2) is 0 Å². The first-order valence-corrected chi connectivity index (χ1v) is 3.91. The number of rotatable bonds is 2. The number of benzene rings is 1. The van der Waals surface area contributed by atoms with E-state index in [1.54, 1.807) is 0 Å². The molecule has 0 aromatic heterocycles. The fraction of sp³-hybridized carbons (Fsp3) is 0.400. The van der Waals surface area contributed by atoms with Gasteiger partial charge in [-0.3, -0.25) is 0 Å². The standard InChI is InChI=1S/C10H15N.ClH/c1-10(2,11-3)9-7-5-4-6-8-9;/h4-8,11H,1-3H3;1H. The number of hydrogen-bond donors (Lipinski definition) is 1. The quantitative estimate of drug-likeness (QED) is 0.747. The van der Waals surface area contributed by atoms with E-state index in [0.717, 1.165) is 0 Å². The summed E-state index contributed by atoms with van der Waals surface area (Å²) in [5, 5.41) is 3.26. The summed E-state index contributed by atoms with van der Waals surface area (Å²) in [7, 11) is 1.98. The first-order valence-electron chi connectivity index (χ1n) is 3.91. The van der Waals surface area contributed by atoms with E-state index in [-0.39, 0.29) is 17.9 Å².